The summed E-state index contributed by atoms with van der Waals surface area (Å²) in [5, 5.41) is 3.51. The van der Waals surface area contributed by atoms with Gasteiger partial charge < -0.3 is 4.57 Å². The lowest BCUT2D eigenvalue weighted by Crippen LogP contribution is -2.26. The number of thiophene rings is 1. The van der Waals surface area contributed by atoms with E-state index in [-0.39, 0.29) is 5.41 Å². The highest BCUT2D eigenvalue weighted by atomic mass is 35.5. The lowest BCUT2D eigenvalue weighted by Gasteiger charge is -2.29. The summed E-state index contributed by atoms with van der Waals surface area (Å²) < 4.78 is 30.2. The maximum atomic E-state index is 12.8. The van der Waals surface area contributed by atoms with Crippen molar-refractivity contribution in [2.45, 2.75) is 19.3 Å². The molecule has 4 nitrogen and oxygen atoms in total. The first-order valence-electron chi connectivity index (χ1n) is 9.48. The molecule has 0 atom stereocenters. The molecule has 0 spiro atoms. The lowest BCUT2D eigenvalue weighted by atomic mass is 9.81. The highest BCUT2D eigenvalue weighted by molar-refractivity contribution is 7.92. The highest BCUT2D eigenvalue weighted by Crippen LogP contribution is 2.39. The van der Waals surface area contributed by atoms with Crippen LogP contribution in [0.2, 0.25) is 5.02 Å². The van der Waals surface area contributed by atoms with E-state index < -0.39 is 10.0 Å². The van der Waals surface area contributed by atoms with Crippen LogP contribution in [0.3, 0.4) is 0 Å². The zero-order valence-electron chi connectivity index (χ0n) is 17.3. The molecule has 156 valence electrons. The molecule has 0 aliphatic carbocycles. The molecule has 0 fully saturated rings. The number of hydrogen-bond acceptors (Lipinski definition) is 3. The molecule has 2 aromatic heterocycles. The first-order chi connectivity index (χ1) is 14.1. The molecule has 0 saturated carbocycles. The molecular formula is C23H23ClN2O2S2. The molecule has 0 amide bonds. The van der Waals surface area contributed by atoms with Crippen molar-refractivity contribution in [2.24, 2.45) is 7.05 Å². The van der Waals surface area contributed by atoms with Crippen LogP contribution in [0.15, 0.2) is 66.2 Å². The Morgan fingerprint density at radius 3 is 2.47 bits per heavy atom. The van der Waals surface area contributed by atoms with Gasteiger partial charge in [0.1, 0.15) is 0 Å². The summed E-state index contributed by atoms with van der Waals surface area (Å²) in [6, 6.07) is 17.3. The van der Waals surface area contributed by atoms with Gasteiger partial charge in [0.15, 0.2) is 0 Å². The van der Waals surface area contributed by atoms with Gasteiger partial charge in [0.25, 0.3) is 0 Å². The molecule has 4 rings (SSSR count). The standard InChI is InChI=1S/C23H23ClN2O2S2/c1-23(2,22-6-5-10-25(22)3)17-13-18(24)15-20(14-17)26(30(4,27)28)19-7-8-21-16(12-19)9-11-29-21/h5-15H,1-4H3. The maximum absolute atomic E-state index is 12.8. The van der Waals surface area contributed by atoms with Gasteiger partial charge in [-0.2, -0.15) is 0 Å². The third-order valence-corrected chi connectivity index (χ3v) is 7.63. The molecule has 2 heterocycles. The molecule has 0 aliphatic rings. The molecule has 0 aliphatic heterocycles. The molecule has 0 N–H and O–H groups in total. The van der Waals surface area contributed by atoms with Crippen molar-refractivity contribution in [2.75, 3.05) is 10.6 Å². The summed E-state index contributed by atoms with van der Waals surface area (Å²) in [5.74, 6) is 0. The van der Waals surface area contributed by atoms with E-state index in [1.54, 1.807) is 17.4 Å². The van der Waals surface area contributed by atoms with Crippen molar-refractivity contribution < 1.29 is 8.42 Å². The van der Waals surface area contributed by atoms with Gasteiger partial charge in [0.05, 0.1) is 17.6 Å². The normalized spacial score (nSPS) is 12.4. The van der Waals surface area contributed by atoms with E-state index in [0.29, 0.717) is 16.4 Å². The molecule has 0 radical (unpaired) electrons. The summed E-state index contributed by atoms with van der Waals surface area (Å²) >= 11 is 8.12. The van der Waals surface area contributed by atoms with Crippen LogP contribution in [-0.4, -0.2) is 19.2 Å². The minimum atomic E-state index is -3.59. The lowest BCUT2D eigenvalue weighted by molar-refractivity contribution is 0.585. The van der Waals surface area contributed by atoms with Crippen LogP contribution in [0.1, 0.15) is 25.1 Å². The Morgan fingerprint density at radius 1 is 1.03 bits per heavy atom. The minimum absolute atomic E-state index is 0.363. The zero-order chi connectivity index (χ0) is 21.7. The first-order valence-corrected chi connectivity index (χ1v) is 12.6. The van der Waals surface area contributed by atoms with Crippen molar-refractivity contribution in [3.8, 4) is 0 Å². The summed E-state index contributed by atoms with van der Waals surface area (Å²) in [7, 11) is -1.59. The third-order valence-electron chi connectivity index (χ3n) is 5.42. The zero-order valence-corrected chi connectivity index (χ0v) is 19.6. The quantitative estimate of drug-likeness (QED) is 0.351. The second-order valence-electron chi connectivity index (χ2n) is 8.00. The topological polar surface area (TPSA) is 42.3 Å². The van der Waals surface area contributed by atoms with E-state index in [2.05, 4.69) is 24.5 Å². The molecule has 2 aromatic carbocycles. The summed E-state index contributed by atoms with van der Waals surface area (Å²) in [4.78, 5) is 0. The number of aryl methyl sites for hydroxylation is 1. The molecule has 0 saturated heterocycles. The second kappa shape index (κ2) is 7.45. The number of hydrogen-bond donors (Lipinski definition) is 0. The van der Waals surface area contributed by atoms with Crippen LogP contribution < -0.4 is 4.31 Å². The average Bonchev–Trinajstić information content (AvgIpc) is 3.28. The number of sulfonamides is 1. The highest BCUT2D eigenvalue weighted by Gasteiger charge is 2.28. The van der Waals surface area contributed by atoms with Crippen molar-refractivity contribution >= 4 is 54.4 Å². The Balaban J connectivity index is 1.89. The van der Waals surface area contributed by atoms with Crippen LogP contribution in [0.5, 0.6) is 0 Å². The molecule has 0 unspecified atom stereocenters. The van der Waals surface area contributed by atoms with Crippen molar-refractivity contribution in [3.05, 3.63) is 82.5 Å². The maximum Gasteiger partial charge on any atom is 0.236 e. The van der Waals surface area contributed by atoms with Crippen molar-refractivity contribution in [1.29, 1.82) is 0 Å². The fourth-order valence-corrected chi connectivity index (χ4v) is 5.91. The number of nitrogens with zero attached hydrogens (tertiary/aromatic N) is 2. The summed E-state index contributed by atoms with van der Waals surface area (Å²) in [5.41, 5.74) is 2.81. The molecular weight excluding hydrogens is 436 g/mol. The Morgan fingerprint density at radius 2 is 1.80 bits per heavy atom. The second-order valence-corrected chi connectivity index (χ2v) is 11.2. The van der Waals surface area contributed by atoms with Gasteiger partial charge in [-0.25, -0.2) is 12.7 Å². The predicted molar refractivity (Wildman–Crippen MR) is 128 cm³/mol. The van der Waals surface area contributed by atoms with Gasteiger partial charge >= 0.3 is 0 Å². The van der Waals surface area contributed by atoms with Gasteiger partial charge in [-0.1, -0.05) is 25.4 Å². The van der Waals surface area contributed by atoms with E-state index in [4.69, 9.17) is 11.6 Å². The van der Waals surface area contributed by atoms with Crippen molar-refractivity contribution in [3.63, 3.8) is 0 Å². The smallest absolute Gasteiger partial charge is 0.236 e. The van der Waals surface area contributed by atoms with Crippen LogP contribution >= 0.6 is 22.9 Å². The van der Waals surface area contributed by atoms with Crippen LogP contribution in [-0.2, 0) is 22.5 Å². The molecule has 0 bridgehead atoms. The van der Waals surface area contributed by atoms with E-state index in [0.717, 1.165) is 21.3 Å². The van der Waals surface area contributed by atoms with Crippen LogP contribution in [0.25, 0.3) is 10.1 Å². The number of rotatable bonds is 5. The SMILES string of the molecule is Cn1cccc1C(C)(C)c1cc(Cl)cc(N(c2ccc3sccc3c2)S(C)(=O)=O)c1. The average molecular weight is 459 g/mol. The van der Waals surface area contributed by atoms with Gasteiger partial charge in [0, 0.05) is 34.1 Å². The number of fused-ring (bicyclic) bond motifs is 1. The Kier molecular flexibility index (Phi) is 5.21. The number of anilines is 2. The largest absolute Gasteiger partial charge is 0.354 e. The summed E-state index contributed by atoms with van der Waals surface area (Å²) in [6.45, 7) is 4.22. The fraction of sp³-hybridized carbons (Fsp3) is 0.217. The van der Waals surface area contributed by atoms with Gasteiger partial charge in [-0.15, -0.1) is 11.3 Å². The van der Waals surface area contributed by atoms with E-state index in [1.807, 2.05) is 61.1 Å². The van der Waals surface area contributed by atoms with Gasteiger partial charge in [0.2, 0.25) is 10.0 Å². The fourth-order valence-electron chi connectivity index (χ4n) is 3.92. The monoisotopic (exact) mass is 458 g/mol. The number of benzene rings is 2. The Hall–Kier alpha value is -2.28. The minimum Gasteiger partial charge on any atom is -0.354 e. The van der Waals surface area contributed by atoms with E-state index in [1.165, 1.54) is 10.6 Å². The Bertz CT molecular complexity index is 1340. The van der Waals surface area contributed by atoms with Gasteiger partial charge in [-0.3, -0.25) is 0 Å². The van der Waals surface area contributed by atoms with Gasteiger partial charge in [-0.05, 0) is 70.9 Å². The van der Waals surface area contributed by atoms with Crippen LogP contribution in [0.4, 0.5) is 11.4 Å². The van der Waals surface area contributed by atoms with Crippen molar-refractivity contribution in [1.82, 2.24) is 4.57 Å². The molecule has 4 aromatic rings. The number of aromatic nitrogens is 1. The third kappa shape index (κ3) is 3.75. The Labute approximate surface area is 186 Å². The predicted octanol–water partition coefficient (Wildman–Crippen LogP) is 6.32. The first kappa shape index (κ1) is 21.0. The van der Waals surface area contributed by atoms with E-state index >= 15 is 0 Å². The summed E-state index contributed by atoms with van der Waals surface area (Å²) in [6.07, 6.45) is 3.22. The van der Waals surface area contributed by atoms with Crippen LogP contribution in [0, 0.1) is 0 Å². The van der Waals surface area contributed by atoms with E-state index in [9.17, 15) is 8.42 Å². The number of halogens is 1. The molecule has 7 heteroatoms. The molecule has 30 heavy (non-hydrogen) atoms.